The lowest BCUT2D eigenvalue weighted by Gasteiger charge is -2.15. The lowest BCUT2D eigenvalue weighted by atomic mass is 9.85. The zero-order valence-corrected chi connectivity index (χ0v) is 15.8. The van der Waals surface area contributed by atoms with Crippen molar-refractivity contribution < 1.29 is 14.4 Å². The zero-order valence-electron chi connectivity index (χ0n) is 15.8. The molecule has 2 fully saturated rings. The van der Waals surface area contributed by atoms with E-state index in [-0.39, 0.29) is 42.0 Å². The molecule has 2 aromatic rings. The van der Waals surface area contributed by atoms with Crippen LogP contribution in [0.5, 0.6) is 0 Å². The predicted octanol–water partition coefficient (Wildman–Crippen LogP) is 1.77. The first-order chi connectivity index (χ1) is 14.1. The normalized spacial score (nSPS) is 27.7. The lowest BCUT2D eigenvalue weighted by Crippen LogP contribution is -2.37. The van der Waals surface area contributed by atoms with Gasteiger partial charge in [0.05, 0.1) is 11.8 Å². The summed E-state index contributed by atoms with van der Waals surface area (Å²) in [5.41, 5.74) is 1.59. The molecule has 3 aliphatic rings. The number of nitrogens with zero attached hydrogens (tertiary/aromatic N) is 3. The summed E-state index contributed by atoms with van der Waals surface area (Å²) in [7, 11) is 0. The Labute approximate surface area is 168 Å². The number of imide groups is 1. The number of allylic oxidation sites excluding steroid dienone is 2. The number of aromatic nitrogens is 1. The highest BCUT2D eigenvalue weighted by Gasteiger charge is 2.59. The van der Waals surface area contributed by atoms with E-state index in [1.54, 1.807) is 6.07 Å². The van der Waals surface area contributed by atoms with Gasteiger partial charge in [0.2, 0.25) is 11.8 Å². The first kappa shape index (κ1) is 17.8. The first-order valence-electron chi connectivity index (χ1n) is 9.92. The molecule has 1 aromatic heterocycles. The van der Waals surface area contributed by atoms with Gasteiger partial charge in [0.25, 0.3) is 5.91 Å². The van der Waals surface area contributed by atoms with Crippen LogP contribution in [0.15, 0.2) is 71.9 Å². The molecule has 1 aromatic carbocycles. The van der Waals surface area contributed by atoms with Crippen LogP contribution in [0, 0.1) is 23.7 Å². The third kappa shape index (κ3) is 3.05. The Balaban J connectivity index is 1.36. The maximum atomic E-state index is 12.8. The second-order valence-corrected chi connectivity index (χ2v) is 7.94. The van der Waals surface area contributed by atoms with Gasteiger partial charge in [-0.1, -0.05) is 48.6 Å². The van der Waals surface area contributed by atoms with Gasteiger partial charge >= 0.3 is 0 Å². The summed E-state index contributed by atoms with van der Waals surface area (Å²) >= 11 is 0. The molecule has 4 unspecified atom stereocenters. The number of hydrogen-bond donors (Lipinski definition) is 0. The fourth-order valence-corrected chi connectivity index (χ4v) is 4.90. The lowest BCUT2D eigenvalue weighted by molar-refractivity contribution is -0.143. The van der Waals surface area contributed by atoms with Gasteiger partial charge in [-0.25, -0.2) is 0 Å². The zero-order chi connectivity index (χ0) is 20.0. The number of likely N-dealkylation sites (tertiary alicyclic amines) is 1. The quantitative estimate of drug-likeness (QED) is 0.593. The van der Waals surface area contributed by atoms with Crippen molar-refractivity contribution in [2.45, 2.75) is 13.0 Å². The summed E-state index contributed by atoms with van der Waals surface area (Å²) in [6.07, 6.45) is 6.83. The number of carbonyl (C=O) groups excluding carboxylic acids is 3. The minimum atomic E-state index is -0.486. The predicted molar refractivity (Wildman–Crippen MR) is 105 cm³/mol. The Morgan fingerprint density at radius 1 is 0.931 bits per heavy atom. The van der Waals surface area contributed by atoms with E-state index in [9.17, 15) is 14.4 Å². The third-order valence-corrected chi connectivity index (χ3v) is 6.21. The number of rotatable bonds is 4. The number of benzene rings is 1. The molecular weight excluding hydrogens is 366 g/mol. The van der Waals surface area contributed by atoms with Gasteiger partial charge in [0.1, 0.15) is 12.0 Å². The first-order valence-corrected chi connectivity index (χ1v) is 9.92. The van der Waals surface area contributed by atoms with Gasteiger partial charge in [-0.3, -0.25) is 19.3 Å². The third-order valence-electron chi connectivity index (χ3n) is 6.21. The van der Waals surface area contributed by atoms with Crippen molar-refractivity contribution in [1.82, 2.24) is 9.47 Å². The van der Waals surface area contributed by atoms with Gasteiger partial charge < -0.3 is 4.57 Å². The van der Waals surface area contributed by atoms with Crippen molar-refractivity contribution in [1.29, 1.82) is 0 Å². The highest BCUT2D eigenvalue weighted by Crippen LogP contribution is 2.52. The van der Waals surface area contributed by atoms with Crippen LogP contribution in [0.25, 0.3) is 0 Å². The molecule has 1 saturated heterocycles. The Kier molecular flexibility index (Phi) is 4.27. The molecule has 2 aliphatic carbocycles. The van der Waals surface area contributed by atoms with E-state index in [1.165, 1.54) is 0 Å². The average molecular weight is 387 g/mol. The number of pyridine rings is 1. The van der Waals surface area contributed by atoms with Crippen LogP contribution < -0.4 is 5.49 Å². The minimum Gasteiger partial charge on any atom is -0.328 e. The number of carbonyl (C=O) groups is 3. The summed E-state index contributed by atoms with van der Waals surface area (Å²) in [6, 6.07) is 15.3. The smallest absolute Gasteiger partial charge is 0.267 e. The molecule has 4 atom stereocenters. The molecular formula is C23H21N3O3. The average Bonchev–Trinajstić information content (AvgIpc) is 3.40. The SMILES string of the molecule is O=C(CN1C(=O)C2C3C=CC(C3)C2C1=O)N=c1ccccn1Cc1ccccc1. The second-order valence-electron chi connectivity index (χ2n) is 7.94. The summed E-state index contributed by atoms with van der Waals surface area (Å²) < 4.78 is 1.87. The van der Waals surface area contributed by atoms with Gasteiger partial charge in [-0.15, -0.1) is 0 Å². The minimum absolute atomic E-state index is 0.139. The highest BCUT2D eigenvalue weighted by molar-refractivity contribution is 6.08. The molecule has 0 spiro atoms. The van der Waals surface area contributed by atoms with Crippen LogP contribution in [-0.2, 0) is 20.9 Å². The number of amides is 3. The molecule has 2 bridgehead atoms. The fraction of sp³-hybridized carbons (Fsp3) is 0.304. The molecule has 1 saturated carbocycles. The van der Waals surface area contributed by atoms with Gasteiger partial charge in [0.15, 0.2) is 0 Å². The highest BCUT2D eigenvalue weighted by atomic mass is 16.2. The van der Waals surface area contributed by atoms with E-state index >= 15 is 0 Å². The van der Waals surface area contributed by atoms with E-state index in [0.717, 1.165) is 16.9 Å². The van der Waals surface area contributed by atoms with Gasteiger partial charge in [-0.05, 0) is 36.0 Å². The Hall–Kier alpha value is -3.28. The molecule has 1 aliphatic heterocycles. The van der Waals surface area contributed by atoms with Crippen molar-refractivity contribution in [2.24, 2.45) is 28.7 Å². The molecule has 29 heavy (non-hydrogen) atoms. The molecule has 0 radical (unpaired) electrons. The molecule has 2 heterocycles. The summed E-state index contributed by atoms with van der Waals surface area (Å²) in [6.45, 7) is 0.291. The summed E-state index contributed by atoms with van der Waals surface area (Å²) in [5.74, 6) is -1.22. The standard InChI is InChI=1S/C23H21N3O3/c27-19(14-26-22(28)20-16-9-10-17(12-16)21(20)23(26)29)24-18-8-4-5-11-25(18)13-15-6-2-1-3-7-15/h1-11,16-17,20-21H,12-14H2. The molecule has 6 heteroatoms. The largest absolute Gasteiger partial charge is 0.328 e. The van der Waals surface area contributed by atoms with Crippen LogP contribution in [0.1, 0.15) is 12.0 Å². The maximum Gasteiger partial charge on any atom is 0.267 e. The number of fused-ring (bicyclic) bond motifs is 5. The van der Waals surface area contributed by atoms with Crippen LogP contribution in [0.4, 0.5) is 0 Å². The van der Waals surface area contributed by atoms with E-state index in [0.29, 0.717) is 12.0 Å². The van der Waals surface area contributed by atoms with E-state index in [2.05, 4.69) is 4.99 Å². The van der Waals surface area contributed by atoms with E-state index in [1.807, 2.05) is 65.4 Å². The summed E-state index contributed by atoms with van der Waals surface area (Å²) in [5, 5.41) is 0. The van der Waals surface area contributed by atoms with Crippen molar-refractivity contribution in [3.05, 3.63) is 77.9 Å². The maximum absolute atomic E-state index is 12.8. The van der Waals surface area contributed by atoms with Gasteiger partial charge in [0, 0.05) is 12.7 Å². The molecule has 0 N–H and O–H groups in total. The fourth-order valence-electron chi connectivity index (χ4n) is 4.90. The van der Waals surface area contributed by atoms with Crippen molar-refractivity contribution in [3.63, 3.8) is 0 Å². The van der Waals surface area contributed by atoms with E-state index < -0.39 is 5.91 Å². The Bertz CT molecular complexity index is 1060. The second kappa shape index (κ2) is 6.95. The van der Waals surface area contributed by atoms with Crippen LogP contribution in [0.2, 0.25) is 0 Å². The van der Waals surface area contributed by atoms with Crippen LogP contribution >= 0.6 is 0 Å². The Morgan fingerprint density at radius 2 is 1.59 bits per heavy atom. The van der Waals surface area contributed by atoms with Crippen LogP contribution in [-0.4, -0.2) is 33.7 Å². The number of hydrogen-bond acceptors (Lipinski definition) is 3. The molecule has 5 rings (SSSR count). The van der Waals surface area contributed by atoms with Gasteiger partial charge in [-0.2, -0.15) is 4.99 Å². The topological polar surface area (TPSA) is 71.7 Å². The van der Waals surface area contributed by atoms with Crippen molar-refractivity contribution in [3.8, 4) is 0 Å². The monoisotopic (exact) mass is 387 g/mol. The molecule has 3 amide bonds. The van der Waals surface area contributed by atoms with Crippen molar-refractivity contribution >= 4 is 17.7 Å². The summed E-state index contributed by atoms with van der Waals surface area (Å²) in [4.78, 5) is 43.5. The molecule has 6 nitrogen and oxygen atoms in total. The van der Waals surface area contributed by atoms with Crippen LogP contribution in [0.3, 0.4) is 0 Å². The van der Waals surface area contributed by atoms with Crippen molar-refractivity contribution in [2.75, 3.05) is 6.54 Å². The van der Waals surface area contributed by atoms with E-state index in [4.69, 9.17) is 0 Å². The molecule has 146 valence electrons. The Morgan fingerprint density at radius 3 is 2.28 bits per heavy atom.